The molecular weight excluding hydrogens is 442 g/mol. The van der Waals surface area contributed by atoms with Gasteiger partial charge in [-0.2, -0.15) is 0 Å². The highest BCUT2D eigenvalue weighted by molar-refractivity contribution is 6.01. The van der Waals surface area contributed by atoms with E-state index in [9.17, 15) is 14.4 Å². The van der Waals surface area contributed by atoms with Crippen LogP contribution in [0, 0.1) is 5.41 Å². The van der Waals surface area contributed by atoms with Crippen LogP contribution in [-0.2, 0) is 4.79 Å². The first-order valence-electron chi connectivity index (χ1n) is 11.4. The Bertz CT molecular complexity index is 1220. The third-order valence-corrected chi connectivity index (χ3v) is 5.99. The molecular formula is C27H27N5O3. The van der Waals surface area contributed by atoms with Gasteiger partial charge in [-0.05, 0) is 29.8 Å². The summed E-state index contributed by atoms with van der Waals surface area (Å²) in [7, 11) is 0. The van der Waals surface area contributed by atoms with Crippen LogP contribution >= 0.6 is 0 Å². The van der Waals surface area contributed by atoms with Gasteiger partial charge in [-0.1, -0.05) is 60.7 Å². The highest BCUT2D eigenvalue weighted by Gasteiger charge is 2.31. The molecule has 4 N–H and O–H groups in total. The summed E-state index contributed by atoms with van der Waals surface area (Å²) in [5.41, 5.74) is 7.58. The zero-order chi connectivity index (χ0) is 24.8. The summed E-state index contributed by atoms with van der Waals surface area (Å²) < 4.78 is 0. The number of rotatable bonds is 6. The highest BCUT2D eigenvalue weighted by atomic mass is 16.2. The van der Waals surface area contributed by atoms with Crippen LogP contribution in [0.1, 0.15) is 37.9 Å². The van der Waals surface area contributed by atoms with Gasteiger partial charge in [0.05, 0.1) is 0 Å². The molecule has 1 heterocycles. The number of nitrogens with one attached hydrogen (secondary N) is 2. The average Bonchev–Trinajstić information content (AvgIpc) is 2.92. The summed E-state index contributed by atoms with van der Waals surface area (Å²) in [4.78, 5) is 42.8. The minimum atomic E-state index is -0.888. The van der Waals surface area contributed by atoms with Crippen LogP contribution < -0.4 is 11.1 Å². The topological polar surface area (TPSA) is 120 Å². The summed E-state index contributed by atoms with van der Waals surface area (Å²) in [5, 5.41) is 10.5. The molecule has 3 aromatic carbocycles. The monoisotopic (exact) mass is 469 g/mol. The molecule has 0 radical (unpaired) electrons. The van der Waals surface area contributed by atoms with E-state index in [1.807, 2.05) is 36.4 Å². The maximum atomic E-state index is 13.5. The van der Waals surface area contributed by atoms with Crippen LogP contribution in [0.5, 0.6) is 0 Å². The van der Waals surface area contributed by atoms with Gasteiger partial charge in [-0.3, -0.25) is 19.8 Å². The molecule has 4 rings (SSSR count). The zero-order valence-electron chi connectivity index (χ0n) is 19.2. The minimum absolute atomic E-state index is 0.0593. The molecule has 1 aliphatic rings. The molecule has 178 valence electrons. The Balaban J connectivity index is 1.48. The molecule has 0 bridgehead atoms. The fraction of sp³-hybridized carbons (Fsp3) is 0.185. The van der Waals surface area contributed by atoms with Crippen molar-refractivity contribution in [2.45, 2.75) is 6.04 Å². The van der Waals surface area contributed by atoms with Crippen LogP contribution in [0.15, 0.2) is 84.9 Å². The first kappa shape index (κ1) is 23.7. The van der Waals surface area contributed by atoms with Gasteiger partial charge in [0, 0.05) is 42.9 Å². The van der Waals surface area contributed by atoms with Crippen LogP contribution in [0.3, 0.4) is 0 Å². The molecule has 8 nitrogen and oxygen atoms in total. The number of carbonyl (C=O) groups excluding carboxylic acids is 3. The smallest absolute Gasteiger partial charge is 0.253 e. The van der Waals surface area contributed by atoms with Gasteiger partial charge in [-0.15, -0.1) is 0 Å². The van der Waals surface area contributed by atoms with Gasteiger partial charge < -0.3 is 20.9 Å². The SMILES string of the molecule is N=C(N)c1cccc(C(=O)N[C@@H](C(=O)N2CCN(C(=O)c3ccccc3)CC2)c2ccccc2)c1. The molecule has 35 heavy (non-hydrogen) atoms. The number of carbonyl (C=O) groups is 3. The van der Waals surface area contributed by atoms with Crippen molar-refractivity contribution in [3.05, 3.63) is 107 Å². The summed E-state index contributed by atoms with van der Waals surface area (Å²) in [6.07, 6.45) is 0. The number of amidine groups is 1. The van der Waals surface area contributed by atoms with Gasteiger partial charge in [-0.25, -0.2) is 0 Å². The average molecular weight is 470 g/mol. The highest BCUT2D eigenvalue weighted by Crippen LogP contribution is 2.19. The van der Waals surface area contributed by atoms with E-state index in [0.29, 0.717) is 48.4 Å². The third-order valence-electron chi connectivity index (χ3n) is 5.99. The van der Waals surface area contributed by atoms with E-state index in [1.54, 1.807) is 52.3 Å². The second-order valence-electron chi connectivity index (χ2n) is 8.30. The second-order valence-corrected chi connectivity index (χ2v) is 8.30. The largest absolute Gasteiger partial charge is 0.384 e. The number of amides is 3. The normalized spacial score (nSPS) is 14.2. The van der Waals surface area contributed by atoms with E-state index in [-0.39, 0.29) is 17.6 Å². The molecule has 3 amide bonds. The lowest BCUT2D eigenvalue weighted by atomic mass is 10.0. The first-order chi connectivity index (χ1) is 16.9. The van der Waals surface area contributed by atoms with E-state index < -0.39 is 11.9 Å². The van der Waals surface area contributed by atoms with Crippen molar-refractivity contribution in [2.24, 2.45) is 5.73 Å². The maximum Gasteiger partial charge on any atom is 0.253 e. The molecule has 3 aromatic rings. The fourth-order valence-electron chi connectivity index (χ4n) is 4.05. The summed E-state index contributed by atoms with van der Waals surface area (Å²) in [5.74, 6) is -0.874. The quantitative estimate of drug-likeness (QED) is 0.379. The minimum Gasteiger partial charge on any atom is -0.384 e. The van der Waals surface area contributed by atoms with E-state index in [2.05, 4.69) is 5.32 Å². The number of hydrogen-bond acceptors (Lipinski definition) is 4. The van der Waals surface area contributed by atoms with Crippen LogP contribution in [-0.4, -0.2) is 59.5 Å². The molecule has 1 saturated heterocycles. The Morgan fingerprint density at radius 3 is 1.91 bits per heavy atom. The van der Waals surface area contributed by atoms with E-state index in [4.69, 9.17) is 11.1 Å². The van der Waals surface area contributed by atoms with Gasteiger partial charge in [0.1, 0.15) is 11.9 Å². The predicted molar refractivity (Wildman–Crippen MR) is 133 cm³/mol. The predicted octanol–water partition coefficient (Wildman–Crippen LogP) is 2.43. The molecule has 0 aliphatic carbocycles. The van der Waals surface area contributed by atoms with Crippen molar-refractivity contribution in [1.29, 1.82) is 5.41 Å². The Morgan fingerprint density at radius 1 is 0.743 bits per heavy atom. The summed E-state index contributed by atoms with van der Waals surface area (Å²) in [6.45, 7) is 1.57. The maximum absolute atomic E-state index is 13.5. The standard InChI is InChI=1S/C27H27N5O3/c28-24(29)21-12-7-13-22(18-21)25(33)30-23(19-8-3-1-4-9-19)27(35)32-16-14-31(15-17-32)26(34)20-10-5-2-6-11-20/h1-13,18,23H,14-17H2,(H3,28,29)(H,30,33)/t23-/m1/s1. The number of benzene rings is 3. The number of nitrogen functional groups attached to an aromatic ring is 1. The fourth-order valence-corrected chi connectivity index (χ4v) is 4.05. The van der Waals surface area contributed by atoms with Crippen LogP contribution in [0.4, 0.5) is 0 Å². The molecule has 0 aromatic heterocycles. The van der Waals surface area contributed by atoms with Crippen molar-refractivity contribution in [2.75, 3.05) is 26.2 Å². The lowest BCUT2D eigenvalue weighted by molar-refractivity contribution is -0.134. The van der Waals surface area contributed by atoms with Crippen LogP contribution in [0.25, 0.3) is 0 Å². The van der Waals surface area contributed by atoms with Gasteiger partial charge >= 0.3 is 0 Å². The van der Waals surface area contributed by atoms with Gasteiger partial charge in [0.2, 0.25) is 5.91 Å². The molecule has 0 saturated carbocycles. The second kappa shape index (κ2) is 10.6. The molecule has 1 aliphatic heterocycles. The number of hydrogen-bond donors (Lipinski definition) is 3. The summed E-state index contributed by atoms with van der Waals surface area (Å²) >= 11 is 0. The Labute approximate surface area is 203 Å². The van der Waals surface area contributed by atoms with Gasteiger partial charge in [0.25, 0.3) is 11.8 Å². The molecule has 1 atom stereocenters. The van der Waals surface area contributed by atoms with Crippen molar-refractivity contribution in [3.8, 4) is 0 Å². The van der Waals surface area contributed by atoms with Gasteiger partial charge in [0.15, 0.2) is 0 Å². The molecule has 1 fully saturated rings. The van der Waals surface area contributed by atoms with E-state index >= 15 is 0 Å². The number of nitrogens with zero attached hydrogens (tertiary/aromatic N) is 2. The number of nitrogens with two attached hydrogens (primary N) is 1. The Hall–Kier alpha value is -4.46. The van der Waals surface area contributed by atoms with E-state index in [0.717, 1.165) is 0 Å². The Kier molecular flexibility index (Phi) is 7.21. The zero-order valence-corrected chi connectivity index (χ0v) is 19.2. The van der Waals surface area contributed by atoms with Crippen molar-refractivity contribution in [3.63, 3.8) is 0 Å². The molecule has 0 unspecified atom stereocenters. The Morgan fingerprint density at radius 2 is 1.29 bits per heavy atom. The third kappa shape index (κ3) is 5.55. The number of piperazine rings is 1. The first-order valence-corrected chi connectivity index (χ1v) is 11.4. The van der Waals surface area contributed by atoms with Crippen molar-refractivity contribution < 1.29 is 14.4 Å². The summed E-state index contributed by atoms with van der Waals surface area (Å²) in [6, 6.07) is 23.7. The lowest BCUT2D eigenvalue weighted by Crippen LogP contribution is -2.53. The molecule has 8 heteroatoms. The van der Waals surface area contributed by atoms with E-state index in [1.165, 1.54) is 6.07 Å². The van der Waals surface area contributed by atoms with Crippen molar-refractivity contribution in [1.82, 2.24) is 15.1 Å². The molecule has 0 spiro atoms. The van der Waals surface area contributed by atoms with Crippen LogP contribution in [0.2, 0.25) is 0 Å². The lowest BCUT2D eigenvalue weighted by Gasteiger charge is -2.36. The van der Waals surface area contributed by atoms with Crippen molar-refractivity contribution >= 4 is 23.6 Å².